The van der Waals surface area contributed by atoms with Gasteiger partial charge in [0.25, 0.3) is 5.91 Å². The van der Waals surface area contributed by atoms with E-state index in [-0.39, 0.29) is 11.3 Å². The van der Waals surface area contributed by atoms with Crippen LogP contribution in [-0.4, -0.2) is 29.8 Å². The fraction of sp³-hybridized carbons (Fsp3) is 0.462. The van der Waals surface area contributed by atoms with Crippen LogP contribution in [0.4, 0.5) is 0 Å². The van der Waals surface area contributed by atoms with Crippen LogP contribution in [0.2, 0.25) is 5.02 Å². The molecule has 2 nitrogen and oxygen atoms in total. The number of hydrogen-bond donors (Lipinski definition) is 0. The predicted molar refractivity (Wildman–Crippen MR) is 73.1 cm³/mol. The van der Waals surface area contributed by atoms with Gasteiger partial charge in [-0.1, -0.05) is 17.7 Å². The Kier molecular flexibility index (Phi) is 5.29. The number of nitrogens with zero attached hydrogens (tertiary/aromatic N) is 1. The van der Waals surface area contributed by atoms with E-state index in [1.54, 1.807) is 24.1 Å². The summed E-state index contributed by atoms with van der Waals surface area (Å²) in [5.41, 5.74) is 1.59. The lowest BCUT2D eigenvalue weighted by Crippen LogP contribution is -2.29. The van der Waals surface area contributed by atoms with Gasteiger partial charge in [0, 0.05) is 29.6 Å². The Morgan fingerprint density at radius 2 is 2.12 bits per heavy atom. The number of alkyl halides is 1. The first kappa shape index (κ1) is 14.3. The Morgan fingerprint density at radius 3 is 2.71 bits per heavy atom. The van der Waals surface area contributed by atoms with E-state index in [1.165, 1.54) is 0 Å². The van der Waals surface area contributed by atoms with Gasteiger partial charge in [-0.3, -0.25) is 4.79 Å². The lowest BCUT2D eigenvalue weighted by molar-refractivity contribution is 0.0793. The summed E-state index contributed by atoms with van der Waals surface area (Å²) < 4.78 is 0. The Balaban J connectivity index is 2.78. The largest absolute Gasteiger partial charge is 0.342 e. The number of benzene rings is 1. The molecule has 0 saturated carbocycles. The zero-order valence-corrected chi connectivity index (χ0v) is 11.8. The van der Waals surface area contributed by atoms with E-state index in [2.05, 4.69) is 0 Å². The summed E-state index contributed by atoms with van der Waals surface area (Å²) in [6.07, 6.45) is 0.781. The maximum Gasteiger partial charge on any atom is 0.253 e. The van der Waals surface area contributed by atoms with Crippen LogP contribution in [0, 0.1) is 6.92 Å². The molecule has 1 unspecified atom stereocenters. The zero-order chi connectivity index (χ0) is 13.0. The van der Waals surface area contributed by atoms with Crippen LogP contribution >= 0.6 is 23.2 Å². The lowest BCUT2D eigenvalue weighted by Gasteiger charge is -2.19. The third kappa shape index (κ3) is 4.21. The number of hydrogen-bond acceptors (Lipinski definition) is 1. The van der Waals surface area contributed by atoms with E-state index < -0.39 is 0 Å². The topological polar surface area (TPSA) is 20.3 Å². The van der Waals surface area contributed by atoms with Crippen molar-refractivity contribution in [3.05, 3.63) is 34.3 Å². The van der Waals surface area contributed by atoms with Crippen molar-refractivity contribution in [2.24, 2.45) is 0 Å². The third-order valence-electron chi connectivity index (χ3n) is 2.64. The molecule has 0 aliphatic rings. The summed E-state index contributed by atoms with van der Waals surface area (Å²) in [5.74, 6) is -0.0117. The third-order valence-corrected chi connectivity index (χ3v) is 3.09. The Labute approximate surface area is 113 Å². The van der Waals surface area contributed by atoms with Crippen LogP contribution in [0.5, 0.6) is 0 Å². The first-order chi connectivity index (χ1) is 7.91. The Bertz CT molecular complexity index is 404. The highest BCUT2D eigenvalue weighted by molar-refractivity contribution is 6.31. The summed E-state index contributed by atoms with van der Waals surface area (Å²) >= 11 is 11.8. The monoisotopic (exact) mass is 273 g/mol. The van der Waals surface area contributed by atoms with Crippen molar-refractivity contribution in [3.63, 3.8) is 0 Å². The number of aryl methyl sites for hydroxylation is 1. The van der Waals surface area contributed by atoms with Gasteiger partial charge < -0.3 is 4.90 Å². The summed E-state index contributed by atoms with van der Waals surface area (Å²) in [6.45, 7) is 4.47. The average molecular weight is 274 g/mol. The van der Waals surface area contributed by atoms with Gasteiger partial charge in [0.1, 0.15) is 0 Å². The normalized spacial score (nSPS) is 12.3. The van der Waals surface area contributed by atoms with Crippen molar-refractivity contribution >= 4 is 29.1 Å². The van der Waals surface area contributed by atoms with Gasteiger partial charge in [-0.05, 0) is 38.0 Å². The molecule has 4 heteroatoms. The SMILES string of the molecule is Cc1ccc(Cl)cc1C(=O)N(C)CCC(C)Cl. The van der Waals surface area contributed by atoms with Crippen LogP contribution in [0.1, 0.15) is 29.3 Å². The maximum atomic E-state index is 12.2. The van der Waals surface area contributed by atoms with Crippen LogP contribution in [-0.2, 0) is 0 Å². The molecular formula is C13H17Cl2NO. The van der Waals surface area contributed by atoms with E-state index in [0.717, 1.165) is 12.0 Å². The predicted octanol–water partition coefficient (Wildman–Crippen LogP) is 3.74. The molecule has 0 aliphatic carbocycles. The first-order valence-electron chi connectivity index (χ1n) is 5.57. The molecule has 94 valence electrons. The smallest absolute Gasteiger partial charge is 0.253 e. The standard InChI is InChI=1S/C13H17Cl2NO/c1-9-4-5-11(15)8-12(9)13(17)16(3)7-6-10(2)14/h4-5,8,10H,6-7H2,1-3H3. The zero-order valence-electron chi connectivity index (χ0n) is 10.3. The van der Waals surface area contributed by atoms with Crippen LogP contribution in [0.25, 0.3) is 0 Å². The summed E-state index contributed by atoms with van der Waals surface area (Å²) in [7, 11) is 1.78. The number of rotatable bonds is 4. The van der Waals surface area contributed by atoms with Crippen molar-refractivity contribution < 1.29 is 4.79 Å². The molecule has 1 aromatic carbocycles. The molecule has 0 bridgehead atoms. The second-order valence-electron chi connectivity index (χ2n) is 4.26. The van der Waals surface area contributed by atoms with Gasteiger partial charge >= 0.3 is 0 Å². The van der Waals surface area contributed by atoms with Crippen molar-refractivity contribution in [1.82, 2.24) is 4.90 Å². The average Bonchev–Trinajstić information content (AvgIpc) is 2.28. The second-order valence-corrected chi connectivity index (χ2v) is 5.44. The fourth-order valence-corrected chi connectivity index (χ4v) is 1.77. The highest BCUT2D eigenvalue weighted by Gasteiger charge is 2.14. The number of amides is 1. The molecule has 17 heavy (non-hydrogen) atoms. The highest BCUT2D eigenvalue weighted by Crippen LogP contribution is 2.17. The van der Waals surface area contributed by atoms with Crippen LogP contribution < -0.4 is 0 Å². The van der Waals surface area contributed by atoms with Crippen LogP contribution in [0.15, 0.2) is 18.2 Å². The van der Waals surface area contributed by atoms with Gasteiger partial charge in [0.15, 0.2) is 0 Å². The number of carbonyl (C=O) groups excluding carboxylic acids is 1. The molecule has 0 N–H and O–H groups in total. The van der Waals surface area contributed by atoms with Crippen molar-refractivity contribution in [1.29, 1.82) is 0 Å². The van der Waals surface area contributed by atoms with Crippen molar-refractivity contribution in [3.8, 4) is 0 Å². The van der Waals surface area contributed by atoms with Gasteiger partial charge in [0.2, 0.25) is 0 Å². The quantitative estimate of drug-likeness (QED) is 0.766. The molecule has 0 fully saturated rings. The van der Waals surface area contributed by atoms with E-state index in [9.17, 15) is 4.79 Å². The summed E-state index contributed by atoms with van der Waals surface area (Å²) in [6, 6.07) is 5.35. The maximum absolute atomic E-state index is 12.2. The minimum Gasteiger partial charge on any atom is -0.342 e. The number of halogens is 2. The lowest BCUT2D eigenvalue weighted by atomic mass is 10.1. The molecule has 0 spiro atoms. The molecule has 0 radical (unpaired) electrons. The minimum absolute atomic E-state index is 0.0117. The van der Waals surface area contributed by atoms with Gasteiger partial charge in [-0.2, -0.15) is 0 Å². The molecule has 1 amide bonds. The molecular weight excluding hydrogens is 257 g/mol. The Morgan fingerprint density at radius 1 is 1.47 bits per heavy atom. The van der Waals surface area contributed by atoms with Gasteiger partial charge in [-0.15, -0.1) is 11.6 Å². The first-order valence-corrected chi connectivity index (χ1v) is 6.39. The highest BCUT2D eigenvalue weighted by atomic mass is 35.5. The second kappa shape index (κ2) is 6.27. The summed E-state index contributed by atoms with van der Waals surface area (Å²) in [5, 5.41) is 0.656. The van der Waals surface area contributed by atoms with Gasteiger partial charge in [-0.25, -0.2) is 0 Å². The Hall–Kier alpha value is -0.730. The number of carbonyl (C=O) groups is 1. The van der Waals surface area contributed by atoms with E-state index in [0.29, 0.717) is 17.1 Å². The van der Waals surface area contributed by atoms with E-state index in [1.807, 2.05) is 19.9 Å². The molecule has 0 aliphatic heterocycles. The fourth-order valence-electron chi connectivity index (χ4n) is 1.50. The van der Waals surface area contributed by atoms with E-state index in [4.69, 9.17) is 23.2 Å². The molecule has 1 rings (SSSR count). The molecule has 1 aromatic rings. The van der Waals surface area contributed by atoms with Crippen molar-refractivity contribution in [2.75, 3.05) is 13.6 Å². The molecule has 1 atom stereocenters. The van der Waals surface area contributed by atoms with Crippen molar-refractivity contribution in [2.45, 2.75) is 25.6 Å². The molecule has 0 heterocycles. The summed E-state index contributed by atoms with van der Waals surface area (Å²) in [4.78, 5) is 13.8. The van der Waals surface area contributed by atoms with E-state index >= 15 is 0 Å². The molecule has 0 saturated heterocycles. The van der Waals surface area contributed by atoms with Crippen LogP contribution in [0.3, 0.4) is 0 Å². The molecule has 0 aromatic heterocycles. The van der Waals surface area contributed by atoms with Gasteiger partial charge in [0.05, 0.1) is 0 Å². The minimum atomic E-state index is -0.0117.